The molecule has 0 bridgehead atoms. The molecule has 44 heavy (non-hydrogen) atoms. The van der Waals surface area contributed by atoms with Crippen LogP contribution in [-0.2, 0) is 23.4 Å². The third kappa shape index (κ3) is 5.78. The number of esters is 1. The first kappa shape index (κ1) is 31.1. The number of benzene rings is 2. The van der Waals surface area contributed by atoms with Crippen LogP contribution in [0.3, 0.4) is 0 Å². The number of aliphatic hydroxyl groups excluding tert-OH is 1. The van der Waals surface area contributed by atoms with Gasteiger partial charge in [0.1, 0.15) is 29.4 Å². The van der Waals surface area contributed by atoms with Gasteiger partial charge in [-0.1, -0.05) is 36.4 Å². The first-order chi connectivity index (χ1) is 21.0. The fourth-order valence-corrected chi connectivity index (χ4v) is 6.49. The standard InChI is InChI=1S/C28H32N7O8P/c1-5-40-24-21-23(32-27(30)33-24)35(15-31-21)26-28(3,14-29)22(36)20(42-26)13-41-44(38,34-16(2)25(37)39-4)43-19-12-8-10-17-9-6-7-11-18(17)19/h6-12,15-16,20,22,26,36H,5,13H2,1-4H3,(H,34,38)(H2,30,32,33)/t16-,20+,22+,26+,28+,44?/m0/s1. The number of nitrogens with one attached hydrogen (secondary N) is 1. The Balaban J connectivity index is 1.44. The maximum atomic E-state index is 14.1. The van der Waals surface area contributed by atoms with Crippen molar-refractivity contribution in [2.24, 2.45) is 5.41 Å². The third-order valence-electron chi connectivity index (χ3n) is 7.25. The van der Waals surface area contributed by atoms with E-state index in [2.05, 4.69) is 26.1 Å². The summed E-state index contributed by atoms with van der Waals surface area (Å²) in [5.74, 6) is -0.402. The molecule has 1 aliphatic rings. The van der Waals surface area contributed by atoms with Gasteiger partial charge in [0.05, 0.1) is 32.7 Å². The summed E-state index contributed by atoms with van der Waals surface area (Å²) < 4.78 is 43.8. The minimum Gasteiger partial charge on any atom is -0.476 e. The van der Waals surface area contributed by atoms with Crippen molar-refractivity contribution in [1.29, 1.82) is 5.26 Å². The molecule has 2 aromatic carbocycles. The zero-order valence-corrected chi connectivity index (χ0v) is 25.3. The molecule has 0 spiro atoms. The summed E-state index contributed by atoms with van der Waals surface area (Å²) in [5.41, 5.74) is 4.86. The Morgan fingerprint density at radius 1 is 1.30 bits per heavy atom. The maximum absolute atomic E-state index is 14.1. The molecular weight excluding hydrogens is 593 g/mol. The Hall–Kier alpha value is -4.32. The molecule has 1 unspecified atom stereocenters. The topological polar surface area (TPSA) is 206 Å². The third-order valence-corrected chi connectivity index (χ3v) is 8.88. The molecule has 0 saturated carbocycles. The Bertz CT molecular complexity index is 1770. The number of nitrogens with zero attached hydrogens (tertiary/aromatic N) is 5. The molecular formula is C28H32N7O8P. The Kier molecular flexibility index (Phi) is 8.73. The van der Waals surface area contributed by atoms with Crippen molar-refractivity contribution in [3.8, 4) is 17.7 Å². The number of nitrogen functional groups attached to an aromatic ring is 1. The number of rotatable bonds is 11. The summed E-state index contributed by atoms with van der Waals surface area (Å²) in [5, 5.41) is 25.6. The second-order valence-electron chi connectivity index (χ2n) is 10.2. The number of methoxy groups -OCH3 is 1. The summed E-state index contributed by atoms with van der Waals surface area (Å²) in [6.45, 7) is 4.53. The van der Waals surface area contributed by atoms with E-state index in [0.29, 0.717) is 12.0 Å². The summed E-state index contributed by atoms with van der Waals surface area (Å²) in [6.07, 6.45) is -2.34. The molecule has 2 aromatic heterocycles. The molecule has 4 aromatic rings. The van der Waals surface area contributed by atoms with E-state index in [0.717, 1.165) is 5.39 Å². The SMILES string of the molecule is CCOc1nc(N)nc2c1ncn2[C@@H]1O[C@H](COP(=O)(N[C@@H](C)C(=O)OC)Oc2cccc3ccccc23)[C@@H](O)[C@@]1(C)C#N. The van der Waals surface area contributed by atoms with Crippen molar-refractivity contribution in [3.05, 3.63) is 48.8 Å². The van der Waals surface area contributed by atoms with Gasteiger partial charge in [0.2, 0.25) is 11.8 Å². The molecule has 4 N–H and O–H groups in total. The molecule has 1 saturated heterocycles. The monoisotopic (exact) mass is 625 g/mol. The largest absolute Gasteiger partial charge is 0.476 e. The van der Waals surface area contributed by atoms with E-state index in [4.69, 9.17) is 29.0 Å². The van der Waals surface area contributed by atoms with Crippen LogP contribution in [0.4, 0.5) is 5.95 Å². The highest BCUT2D eigenvalue weighted by molar-refractivity contribution is 7.52. The Morgan fingerprint density at radius 3 is 2.77 bits per heavy atom. The Labute approximate surface area is 252 Å². The molecule has 3 heterocycles. The highest BCUT2D eigenvalue weighted by Crippen LogP contribution is 2.50. The predicted octanol–water partition coefficient (Wildman–Crippen LogP) is 3.10. The highest BCUT2D eigenvalue weighted by Gasteiger charge is 2.56. The van der Waals surface area contributed by atoms with Crippen LogP contribution in [0, 0.1) is 16.7 Å². The van der Waals surface area contributed by atoms with Gasteiger partial charge in [0, 0.05) is 5.39 Å². The number of nitriles is 1. The minimum atomic E-state index is -4.34. The molecule has 232 valence electrons. The zero-order chi connectivity index (χ0) is 31.6. The van der Waals surface area contributed by atoms with E-state index in [9.17, 15) is 19.7 Å². The predicted molar refractivity (Wildman–Crippen MR) is 157 cm³/mol. The number of aromatic nitrogens is 4. The van der Waals surface area contributed by atoms with E-state index in [1.54, 1.807) is 31.2 Å². The summed E-state index contributed by atoms with van der Waals surface area (Å²) in [6, 6.07) is 13.5. The van der Waals surface area contributed by atoms with Gasteiger partial charge >= 0.3 is 13.7 Å². The average Bonchev–Trinajstić information content (AvgIpc) is 3.54. The first-order valence-corrected chi connectivity index (χ1v) is 15.2. The number of nitrogens with two attached hydrogens (primary N) is 1. The van der Waals surface area contributed by atoms with Crippen LogP contribution in [0.1, 0.15) is 27.0 Å². The van der Waals surface area contributed by atoms with Crippen LogP contribution in [0.2, 0.25) is 0 Å². The van der Waals surface area contributed by atoms with Gasteiger partial charge in [0.25, 0.3) is 0 Å². The van der Waals surface area contributed by atoms with E-state index >= 15 is 0 Å². The van der Waals surface area contributed by atoms with Crippen molar-refractivity contribution in [1.82, 2.24) is 24.6 Å². The molecule has 1 aliphatic heterocycles. The van der Waals surface area contributed by atoms with Gasteiger partial charge < -0.3 is 29.6 Å². The molecule has 16 heteroatoms. The lowest BCUT2D eigenvalue weighted by Crippen LogP contribution is -2.38. The lowest BCUT2D eigenvalue weighted by Gasteiger charge is -2.26. The number of anilines is 1. The minimum absolute atomic E-state index is 0.0860. The van der Waals surface area contributed by atoms with E-state index in [1.165, 1.54) is 31.9 Å². The van der Waals surface area contributed by atoms with Crippen LogP contribution in [0.25, 0.3) is 21.9 Å². The fourth-order valence-electron chi connectivity index (χ4n) is 4.97. The fraction of sp³-hybridized carbons (Fsp3) is 0.393. The maximum Gasteiger partial charge on any atom is 0.459 e. The van der Waals surface area contributed by atoms with Crippen LogP contribution < -0.4 is 20.1 Å². The summed E-state index contributed by atoms with van der Waals surface area (Å²) in [4.78, 5) is 24.9. The van der Waals surface area contributed by atoms with Gasteiger partial charge in [-0.3, -0.25) is 13.9 Å². The number of carbonyl (C=O) groups excluding carboxylic acids is 1. The molecule has 0 aliphatic carbocycles. The molecule has 6 atom stereocenters. The summed E-state index contributed by atoms with van der Waals surface area (Å²) >= 11 is 0. The zero-order valence-electron chi connectivity index (χ0n) is 24.4. The number of imidazole rings is 1. The number of hydrogen-bond acceptors (Lipinski definition) is 13. The van der Waals surface area contributed by atoms with E-state index in [1.807, 2.05) is 18.2 Å². The lowest BCUT2D eigenvalue weighted by atomic mass is 9.84. The first-order valence-electron chi connectivity index (χ1n) is 13.7. The van der Waals surface area contributed by atoms with Crippen molar-refractivity contribution in [2.75, 3.05) is 26.1 Å². The van der Waals surface area contributed by atoms with Crippen molar-refractivity contribution in [2.45, 2.75) is 45.2 Å². The number of aliphatic hydroxyl groups is 1. The highest BCUT2D eigenvalue weighted by atomic mass is 31.2. The van der Waals surface area contributed by atoms with Crippen LogP contribution in [0.5, 0.6) is 11.6 Å². The lowest BCUT2D eigenvalue weighted by molar-refractivity contribution is -0.142. The van der Waals surface area contributed by atoms with Crippen molar-refractivity contribution in [3.63, 3.8) is 0 Å². The molecule has 15 nitrogen and oxygen atoms in total. The van der Waals surface area contributed by atoms with Crippen LogP contribution in [0.15, 0.2) is 48.8 Å². The number of fused-ring (bicyclic) bond motifs is 2. The van der Waals surface area contributed by atoms with Gasteiger partial charge in [0.15, 0.2) is 17.4 Å². The Morgan fingerprint density at radius 2 is 2.05 bits per heavy atom. The quantitative estimate of drug-likeness (QED) is 0.162. The van der Waals surface area contributed by atoms with Crippen molar-refractivity contribution >= 4 is 41.6 Å². The number of ether oxygens (including phenoxy) is 3. The summed E-state index contributed by atoms with van der Waals surface area (Å²) in [7, 11) is -3.14. The molecule has 5 rings (SSSR count). The van der Waals surface area contributed by atoms with Gasteiger partial charge in [-0.2, -0.15) is 20.3 Å². The number of carbonyl (C=O) groups is 1. The van der Waals surface area contributed by atoms with Crippen LogP contribution in [-0.4, -0.2) is 69.2 Å². The van der Waals surface area contributed by atoms with E-state index in [-0.39, 0.29) is 28.7 Å². The second kappa shape index (κ2) is 12.4. The van der Waals surface area contributed by atoms with Gasteiger partial charge in [-0.05, 0) is 32.2 Å². The second-order valence-corrected chi connectivity index (χ2v) is 11.9. The normalized spacial score (nSPS) is 23.6. The number of hydrogen-bond donors (Lipinski definition) is 3. The van der Waals surface area contributed by atoms with Crippen molar-refractivity contribution < 1.29 is 37.7 Å². The molecule has 0 radical (unpaired) electrons. The average molecular weight is 626 g/mol. The smallest absolute Gasteiger partial charge is 0.459 e. The van der Waals surface area contributed by atoms with Crippen LogP contribution >= 0.6 is 7.75 Å². The molecule has 1 fully saturated rings. The van der Waals surface area contributed by atoms with Gasteiger partial charge in [-0.25, -0.2) is 9.55 Å². The van der Waals surface area contributed by atoms with E-state index < -0.39 is 50.2 Å². The van der Waals surface area contributed by atoms with Gasteiger partial charge in [-0.15, -0.1) is 0 Å². The molecule has 0 amide bonds.